The summed E-state index contributed by atoms with van der Waals surface area (Å²) in [6.07, 6.45) is 2.05. The summed E-state index contributed by atoms with van der Waals surface area (Å²) in [5.74, 6) is 0. The Labute approximate surface area is 119 Å². The highest BCUT2D eigenvalue weighted by Gasteiger charge is 2.14. The van der Waals surface area contributed by atoms with Crippen molar-refractivity contribution < 1.29 is 4.74 Å². The van der Waals surface area contributed by atoms with E-state index in [9.17, 15) is 0 Å². The van der Waals surface area contributed by atoms with Gasteiger partial charge in [-0.1, -0.05) is 23.9 Å². The number of para-hydroxylation sites is 2. The summed E-state index contributed by atoms with van der Waals surface area (Å²) in [6.45, 7) is 3.45. The lowest BCUT2D eigenvalue weighted by atomic mass is 10.2. The van der Waals surface area contributed by atoms with Crippen molar-refractivity contribution in [2.45, 2.75) is 0 Å². The number of hydrogen-bond acceptors (Lipinski definition) is 4. The third-order valence-electron chi connectivity index (χ3n) is 3.01. The average Bonchev–Trinajstić information content (AvgIpc) is 2.45. The van der Waals surface area contributed by atoms with Gasteiger partial charge >= 0.3 is 0 Å². The standard InChI is InChI=1S/C14H21N3OS/c1-16(2)14(19-3)15-12-6-4-5-7-13(12)17-8-10-18-11-9-17/h4-7H,8-11H2,1-3H3. The summed E-state index contributed by atoms with van der Waals surface area (Å²) in [6, 6.07) is 8.32. The fourth-order valence-corrected chi connectivity index (χ4v) is 2.62. The molecule has 104 valence electrons. The number of thioether (sulfide) groups is 1. The number of benzene rings is 1. The quantitative estimate of drug-likeness (QED) is 0.614. The average molecular weight is 279 g/mol. The molecule has 2 rings (SSSR count). The fraction of sp³-hybridized carbons (Fsp3) is 0.500. The molecule has 1 saturated heterocycles. The van der Waals surface area contributed by atoms with Gasteiger partial charge in [0, 0.05) is 27.2 Å². The lowest BCUT2D eigenvalue weighted by Gasteiger charge is -2.30. The van der Waals surface area contributed by atoms with E-state index in [0.717, 1.165) is 37.2 Å². The molecule has 19 heavy (non-hydrogen) atoms. The molecule has 0 atom stereocenters. The van der Waals surface area contributed by atoms with Crippen molar-refractivity contribution in [1.82, 2.24) is 4.90 Å². The first-order valence-corrected chi connectivity index (χ1v) is 7.66. The first-order chi connectivity index (χ1) is 9.22. The molecular weight excluding hydrogens is 258 g/mol. The predicted molar refractivity (Wildman–Crippen MR) is 83.8 cm³/mol. The Hall–Kier alpha value is -1.20. The van der Waals surface area contributed by atoms with Crippen LogP contribution in [0.1, 0.15) is 0 Å². The van der Waals surface area contributed by atoms with Gasteiger partial charge in [-0.3, -0.25) is 0 Å². The molecular formula is C14H21N3OS. The van der Waals surface area contributed by atoms with Gasteiger partial charge in [-0.05, 0) is 18.4 Å². The van der Waals surface area contributed by atoms with Crippen molar-refractivity contribution in [3.63, 3.8) is 0 Å². The van der Waals surface area contributed by atoms with Gasteiger partial charge in [0.15, 0.2) is 5.17 Å². The summed E-state index contributed by atoms with van der Waals surface area (Å²) in [4.78, 5) is 9.16. The Kier molecular flexibility index (Phi) is 5.10. The monoisotopic (exact) mass is 279 g/mol. The Morgan fingerprint density at radius 2 is 1.95 bits per heavy atom. The van der Waals surface area contributed by atoms with Crippen LogP contribution in [0.5, 0.6) is 0 Å². The number of ether oxygens (including phenoxy) is 1. The highest BCUT2D eigenvalue weighted by Crippen LogP contribution is 2.30. The number of nitrogens with zero attached hydrogens (tertiary/aromatic N) is 3. The van der Waals surface area contributed by atoms with Gasteiger partial charge < -0.3 is 14.5 Å². The van der Waals surface area contributed by atoms with Gasteiger partial charge in [-0.15, -0.1) is 0 Å². The first-order valence-electron chi connectivity index (χ1n) is 6.44. The predicted octanol–water partition coefficient (Wildman–Crippen LogP) is 2.44. The smallest absolute Gasteiger partial charge is 0.163 e. The van der Waals surface area contributed by atoms with E-state index >= 15 is 0 Å². The van der Waals surface area contributed by atoms with Crippen molar-refractivity contribution in [1.29, 1.82) is 0 Å². The molecule has 1 aliphatic rings. The van der Waals surface area contributed by atoms with Gasteiger partial charge in [0.05, 0.1) is 24.6 Å². The molecule has 0 bridgehead atoms. The molecule has 1 aromatic carbocycles. The zero-order valence-corrected chi connectivity index (χ0v) is 12.6. The van der Waals surface area contributed by atoms with E-state index in [4.69, 9.17) is 9.73 Å². The van der Waals surface area contributed by atoms with E-state index in [0.29, 0.717) is 0 Å². The topological polar surface area (TPSA) is 28.1 Å². The van der Waals surface area contributed by atoms with Gasteiger partial charge in [0.2, 0.25) is 0 Å². The first kappa shape index (κ1) is 14.2. The Balaban J connectivity index is 2.29. The second kappa shape index (κ2) is 6.82. The van der Waals surface area contributed by atoms with Crippen LogP contribution in [0, 0.1) is 0 Å². The largest absolute Gasteiger partial charge is 0.378 e. The molecule has 0 spiro atoms. The molecule has 0 N–H and O–H groups in total. The number of rotatable bonds is 2. The minimum atomic E-state index is 0.793. The molecule has 1 aliphatic heterocycles. The summed E-state index contributed by atoms with van der Waals surface area (Å²) in [5.41, 5.74) is 2.22. The third kappa shape index (κ3) is 3.64. The lowest BCUT2D eigenvalue weighted by Crippen LogP contribution is -2.36. The maximum Gasteiger partial charge on any atom is 0.163 e. The molecule has 0 aromatic heterocycles. The molecule has 1 fully saturated rings. The van der Waals surface area contributed by atoms with E-state index in [-0.39, 0.29) is 0 Å². The zero-order chi connectivity index (χ0) is 13.7. The summed E-state index contributed by atoms with van der Waals surface area (Å²) in [7, 11) is 4.04. The number of amidine groups is 1. The molecule has 0 unspecified atom stereocenters. The van der Waals surface area contributed by atoms with Crippen LogP contribution in [0.25, 0.3) is 0 Å². The van der Waals surface area contributed by atoms with Gasteiger partial charge in [0.1, 0.15) is 0 Å². The van der Waals surface area contributed by atoms with Gasteiger partial charge in [-0.25, -0.2) is 4.99 Å². The van der Waals surface area contributed by atoms with E-state index in [1.807, 2.05) is 25.1 Å². The summed E-state index contributed by atoms with van der Waals surface area (Å²) < 4.78 is 5.41. The molecule has 1 aromatic rings. The Bertz CT molecular complexity index is 442. The van der Waals surface area contributed by atoms with Gasteiger partial charge in [0.25, 0.3) is 0 Å². The highest BCUT2D eigenvalue weighted by molar-refractivity contribution is 8.13. The summed E-state index contributed by atoms with van der Waals surface area (Å²) in [5, 5.41) is 1.01. The van der Waals surface area contributed by atoms with E-state index < -0.39 is 0 Å². The van der Waals surface area contributed by atoms with Crippen molar-refractivity contribution in [2.75, 3.05) is 51.6 Å². The van der Waals surface area contributed by atoms with Gasteiger partial charge in [-0.2, -0.15) is 0 Å². The highest BCUT2D eigenvalue weighted by atomic mass is 32.2. The molecule has 0 radical (unpaired) electrons. The van der Waals surface area contributed by atoms with Crippen LogP contribution >= 0.6 is 11.8 Å². The van der Waals surface area contributed by atoms with Crippen LogP contribution < -0.4 is 4.90 Å². The van der Waals surface area contributed by atoms with Crippen LogP contribution in [0.3, 0.4) is 0 Å². The van der Waals surface area contributed by atoms with E-state index in [1.165, 1.54) is 5.69 Å². The second-order valence-electron chi connectivity index (χ2n) is 4.58. The Morgan fingerprint density at radius 1 is 1.26 bits per heavy atom. The number of hydrogen-bond donors (Lipinski definition) is 0. The minimum absolute atomic E-state index is 0.793. The van der Waals surface area contributed by atoms with Crippen molar-refractivity contribution >= 4 is 28.3 Å². The van der Waals surface area contributed by atoms with Crippen molar-refractivity contribution in [3.8, 4) is 0 Å². The number of anilines is 1. The zero-order valence-electron chi connectivity index (χ0n) is 11.8. The van der Waals surface area contributed by atoms with Crippen LogP contribution in [-0.4, -0.2) is 56.7 Å². The molecule has 4 nitrogen and oxygen atoms in total. The lowest BCUT2D eigenvalue weighted by molar-refractivity contribution is 0.123. The molecule has 0 aliphatic carbocycles. The van der Waals surface area contributed by atoms with E-state index in [2.05, 4.69) is 29.4 Å². The van der Waals surface area contributed by atoms with Crippen LogP contribution in [0.15, 0.2) is 29.3 Å². The molecule has 0 saturated carbocycles. The maximum atomic E-state index is 5.41. The molecule has 5 heteroatoms. The van der Waals surface area contributed by atoms with Crippen molar-refractivity contribution in [3.05, 3.63) is 24.3 Å². The fourth-order valence-electron chi connectivity index (χ4n) is 2.06. The minimum Gasteiger partial charge on any atom is -0.378 e. The second-order valence-corrected chi connectivity index (χ2v) is 5.35. The third-order valence-corrected chi connectivity index (χ3v) is 3.84. The number of aliphatic imine (C=N–C) groups is 1. The normalized spacial score (nSPS) is 16.6. The van der Waals surface area contributed by atoms with E-state index in [1.54, 1.807) is 11.8 Å². The van der Waals surface area contributed by atoms with Crippen LogP contribution in [-0.2, 0) is 4.74 Å². The SMILES string of the molecule is CSC(=Nc1ccccc1N1CCOCC1)N(C)C. The Morgan fingerprint density at radius 3 is 2.58 bits per heavy atom. The van der Waals surface area contributed by atoms with Crippen LogP contribution in [0.2, 0.25) is 0 Å². The van der Waals surface area contributed by atoms with Crippen LogP contribution in [0.4, 0.5) is 11.4 Å². The molecule has 0 amide bonds. The van der Waals surface area contributed by atoms with Crippen molar-refractivity contribution in [2.24, 2.45) is 4.99 Å². The maximum absolute atomic E-state index is 5.41. The molecule has 1 heterocycles. The number of morpholine rings is 1. The summed E-state index contributed by atoms with van der Waals surface area (Å²) >= 11 is 1.66.